The van der Waals surface area contributed by atoms with E-state index in [0.717, 1.165) is 48.4 Å². The maximum absolute atomic E-state index is 13.0. The highest BCUT2D eigenvalue weighted by atomic mass is 16.2. The van der Waals surface area contributed by atoms with Crippen LogP contribution >= 0.6 is 0 Å². The third kappa shape index (κ3) is 3.68. The number of aromatic amines is 1. The second kappa shape index (κ2) is 7.43. The van der Waals surface area contributed by atoms with Crippen molar-refractivity contribution in [1.82, 2.24) is 14.9 Å². The summed E-state index contributed by atoms with van der Waals surface area (Å²) < 4.78 is 0. The van der Waals surface area contributed by atoms with Crippen molar-refractivity contribution in [3.8, 4) is 0 Å². The minimum Gasteiger partial charge on any atom is -0.340 e. The SMILES string of the molecule is CC(C)c1ccc(NC(=O)N2CCCC[C@H]2c2nc3ccccc3[nH]2)cc1. The summed E-state index contributed by atoms with van der Waals surface area (Å²) in [5.74, 6) is 1.36. The minimum atomic E-state index is -0.0579. The first-order valence-electron chi connectivity index (χ1n) is 9.74. The second-order valence-electron chi connectivity index (χ2n) is 7.55. The molecule has 0 saturated carbocycles. The Morgan fingerprint density at radius 1 is 1.15 bits per heavy atom. The first kappa shape index (κ1) is 17.6. The van der Waals surface area contributed by atoms with Crippen LogP contribution in [0.2, 0.25) is 0 Å². The predicted molar refractivity (Wildman–Crippen MR) is 109 cm³/mol. The van der Waals surface area contributed by atoms with Crippen LogP contribution in [0, 0.1) is 0 Å². The van der Waals surface area contributed by atoms with Crippen LogP contribution in [-0.4, -0.2) is 27.4 Å². The molecule has 2 amide bonds. The molecule has 0 spiro atoms. The molecule has 27 heavy (non-hydrogen) atoms. The number of urea groups is 1. The fourth-order valence-corrected chi connectivity index (χ4v) is 3.74. The summed E-state index contributed by atoms with van der Waals surface area (Å²) in [6.07, 6.45) is 3.06. The Morgan fingerprint density at radius 2 is 1.93 bits per heavy atom. The molecule has 0 aliphatic carbocycles. The summed E-state index contributed by atoms with van der Waals surface area (Å²) in [6.45, 7) is 5.08. The van der Waals surface area contributed by atoms with Gasteiger partial charge in [0.2, 0.25) is 0 Å². The molecule has 1 aliphatic rings. The van der Waals surface area contributed by atoms with Gasteiger partial charge in [0.05, 0.1) is 17.1 Å². The van der Waals surface area contributed by atoms with E-state index in [9.17, 15) is 4.79 Å². The Morgan fingerprint density at radius 3 is 2.67 bits per heavy atom. The number of benzene rings is 2. The first-order chi connectivity index (χ1) is 13.1. The summed E-state index contributed by atoms with van der Waals surface area (Å²) in [7, 11) is 0. The van der Waals surface area contributed by atoms with Crippen molar-refractivity contribution in [2.45, 2.75) is 45.1 Å². The number of para-hydroxylation sites is 2. The number of nitrogens with zero attached hydrogens (tertiary/aromatic N) is 2. The van der Waals surface area contributed by atoms with Crippen molar-refractivity contribution in [1.29, 1.82) is 0 Å². The summed E-state index contributed by atoms with van der Waals surface area (Å²) in [6, 6.07) is 16.0. The quantitative estimate of drug-likeness (QED) is 0.651. The number of carbonyl (C=O) groups excluding carboxylic acids is 1. The van der Waals surface area contributed by atoms with E-state index < -0.39 is 0 Å². The molecule has 4 rings (SSSR count). The van der Waals surface area contributed by atoms with Gasteiger partial charge in [-0.3, -0.25) is 0 Å². The summed E-state index contributed by atoms with van der Waals surface area (Å²) in [5.41, 5.74) is 4.06. The zero-order chi connectivity index (χ0) is 18.8. The number of piperidine rings is 1. The van der Waals surface area contributed by atoms with Crippen LogP contribution in [0.5, 0.6) is 0 Å². The van der Waals surface area contributed by atoms with E-state index in [1.54, 1.807) is 0 Å². The molecular formula is C22H26N4O. The Labute approximate surface area is 159 Å². The van der Waals surface area contributed by atoms with Gasteiger partial charge in [-0.25, -0.2) is 9.78 Å². The Hall–Kier alpha value is -2.82. The Bertz CT molecular complexity index is 896. The lowest BCUT2D eigenvalue weighted by Crippen LogP contribution is -2.41. The normalized spacial score (nSPS) is 17.4. The van der Waals surface area contributed by atoms with Crippen molar-refractivity contribution in [3.63, 3.8) is 0 Å². The third-order valence-corrected chi connectivity index (χ3v) is 5.32. The fourth-order valence-electron chi connectivity index (χ4n) is 3.74. The van der Waals surface area contributed by atoms with E-state index in [0.29, 0.717) is 5.92 Å². The Balaban J connectivity index is 1.53. The van der Waals surface area contributed by atoms with Gasteiger partial charge < -0.3 is 15.2 Å². The average Bonchev–Trinajstić information content (AvgIpc) is 3.12. The number of likely N-dealkylation sites (tertiary alicyclic amines) is 1. The van der Waals surface area contributed by atoms with Crippen LogP contribution in [0.4, 0.5) is 10.5 Å². The van der Waals surface area contributed by atoms with Gasteiger partial charge in [-0.05, 0) is 55.0 Å². The van der Waals surface area contributed by atoms with Crippen LogP contribution in [0.15, 0.2) is 48.5 Å². The van der Waals surface area contributed by atoms with Crippen LogP contribution in [0.3, 0.4) is 0 Å². The van der Waals surface area contributed by atoms with E-state index in [1.807, 2.05) is 41.3 Å². The largest absolute Gasteiger partial charge is 0.340 e. The molecule has 0 radical (unpaired) electrons. The van der Waals surface area contributed by atoms with Crippen LogP contribution in [0.1, 0.15) is 56.5 Å². The molecule has 140 valence electrons. The topological polar surface area (TPSA) is 61.0 Å². The zero-order valence-corrected chi connectivity index (χ0v) is 15.9. The predicted octanol–water partition coefficient (Wildman–Crippen LogP) is 5.45. The number of hydrogen-bond donors (Lipinski definition) is 2. The van der Waals surface area contributed by atoms with E-state index in [4.69, 9.17) is 4.98 Å². The van der Waals surface area contributed by atoms with Gasteiger partial charge in [-0.2, -0.15) is 0 Å². The van der Waals surface area contributed by atoms with Gasteiger partial charge in [0.25, 0.3) is 0 Å². The van der Waals surface area contributed by atoms with Gasteiger partial charge in [-0.1, -0.05) is 38.1 Å². The van der Waals surface area contributed by atoms with Gasteiger partial charge >= 0.3 is 6.03 Å². The maximum Gasteiger partial charge on any atom is 0.322 e. The number of fused-ring (bicyclic) bond motifs is 1. The molecule has 5 nitrogen and oxygen atoms in total. The smallest absolute Gasteiger partial charge is 0.322 e. The highest BCUT2D eigenvalue weighted by Gasteiger charge is 2.30. The highest BCUT2D eigenvalue weighted by Crippen LogP contribution is 2.31. The third-order valence-electron chi connectivity index (χ3n) is 5.32. The lowest BCUT2D eigenvalue weighted by molar-refractivity contribution is 0.160. The molecule has 1 saturated heterocycles. The summed E-state index contributed by atoms with van der Waals surface area (Å²) >= 11 is 0. The van der Waals surface area contributed by atoms with E-state index >= 15 is 0 Å². The van der Waals surface area contributed by atoms with Crippen molar-refractivity contribution in [3.05, 3.63) is 59.9 Å². The molecule has 2 heterocycles. The number of carbonyl (C=O) groups is 1. The number of imidazole rings is 1. The van der Waals surface area contributed by atoms with Gasteiger partial charge in [-0.15, -0.1) is 0 Å². The van der Waals surface area contributed by atoms with Crippen molar-refractivity contribution in [2.24, 2.45) is 0 Å². The molecule has 2 aromatic carbocycles. The molecule has 1 aliphatic heterocycles. The number of nitrogens with one attached hydrogen (secondary N) is 2. The maximum atomic E-state index is 13.0. The number of rotatable bonds is 3. The molecule has 1 atom stereocenters. The molecule has 2 N–H and O–H groups in total. The number of amides is 2. The zero-order valence-electron chi connectivity index (χ0n) is 15.9. The monoisotopic (exact) mass is 362 g/mol. The van der Waals surface area contributed by atoms with Gasteiger partial charge in [0, 0.05) is 12.2 Å². The molecule has 0 unspecified atom stereocenters. The Kier molecular flexibility index (Phi) is 4.84. The minimum absolute atomic E-state index is 0.0129. The van der Waals surface area contributed by atoms with Gasteiger partial charge in [0.1, 0.15) is 5.82 Å². The molecule has 5 heteroatoms. The van der Waals surface area contributed by atoms with Crippen molar-refractivity contribution in [2.75, 3.05) is 11.9 Å². The van der Waals surface area contributed by atoms with Crippen LogP contribution in [-0.2, 0) is 0 Å². The molecule has 3 aromatic rings. The highest BCUT2D eigenvalue weighted by molar-refractivity contribution is 5.89. The van der Waals surface area contributed by atoms with Gasteiger partial charge in [0.15, 0.2) is 0 Å². The van der Waals surface area contributed by atoms with Crippen LogP contribution in [0.25, 0.3) is 11.0 Å². The van der Waals surface area contributed by atoms with Crippen molar-refractivity contribution >= 4 is 22.8 Å². The van der Waals surface area contributed by atoms with E-state index in [1.165, 1.54) is 5.56 Å². The first-order valence-corrected chi connectivity index (χ1v) is 9.74. The average molecular weight is 362 g/mol. The lowest BCUT2D eigenvalue weighted by Gasteiger charge is -2.34. The molecular weight excluding hydrogens is 336 g/mol. The number of hydrogen-bond acceptors (Lipinski definition) is 2. The molecule has 1 aromatic heterocycles. The number of aromatic nitrogens is 2. The van der Waals surface area contributed by atoms with Crippen molar-refractivity contribution < 1.29 is 4.79 Å². The van der Waals surface area contributed by atoms with E-state index in [2.05, 4.69) is 36.3 Å². The molecule has 0 bridgehead atoms. The van der Waals surface area contributed by atoms with Crippen LogP contribution < -0.4 is 5.32 Å². The lowest BCUT2D eigenvalue weighted by atomic mass is 10.0. The summed E-state index contributed by atoms with van der Waals surface area (Å²) in [5, 5.41) is 3.06. The number of anilines is 1. The van der Waals surface area contributed by atoms with E-state index in [-0.39, 0.29) is 12.1 Å². The number of H-pyrrole nitrogens is 1. The fraction of sp³-hybridized carbons (Fsp3) is 0.364. The second-order valence-corrected chi connectivity index (χ2v) is 7.55. The molecule has 1 fully saturated rings. The summed E-state index contributed by atoms with van der Waals surface area (Å²) in [4.78, 5) is 23.0. The standard InChI is InChI=1S/C22H26N4O/c1-15(2)16-10-12-17(13-11-16)23-22(27)26-14-6-5-9-20(26)21-24-18-7-3-4-8-19(18)25-21/h3-4,7-8,10-13,15,20H,5-6,9,14H2,1-2H3,(H,23,27)(H,24,25)/t20-/m0/s1.